The predicted molar refractivity (Wildman–Crippen MR) is 165 cm³/mol. The van der Waals surface area contributed by atoms with Gasteiger partial charge in [0.05, 0.1) is 0 Å². The van der Waals surface area contributed by atoms with Crippen molar-refractivity contribution in [2.45, 2.75) is 24.4 Å². The van der Waals surface area contributed by atoms with Crippen molar-refractivity contribution >= 4 is 0 Å². The smallest absolute Gasteiger partial charge is 2.00 e. The van der Waals surface area contributed by atoms with Crippen molar-refractivity contribution in [1.82, 2.24) is 39.2 Å². The summed E-state index contributed by atoms with van der Waals surface area (Å²) in [5.41, 5.74) is 0. The van der Waals surface area contributed by atoms with Crippen LogP contribution in [0.5, 0.6) is 0 Å². The fourth-order valence-corrected chi connectivity index (χ4v) is 3.49. The molecular weight excluding hydrogens is 640 g/mol. The summed E-state index contributed by atoms with van der Waals surface area (Å²) in [7, 11) is 30.7. The topological polar surface area (TPSA) is 175 Å². The Kier molecular flexibility index (Phi) is 57.8. The summed E-state index contributed by atoms with van der Waals surface area (Å²) in [6.07, 6.45) is -1.93. The Morgan fingerprint density at radius 2 is 0.341 bits per heavy atom. The van der Waals surface area contributed by atoms with Gasteiger partial charge in [0, 0.05) is 0 Å². The van der Waals surface area contributed by atoms with E-state index in [0.717, 1.165) is 0 Å². The average molecular weight is 709 g/mol. The molecule has 0 bridgehead atoms. The maximum atomic E-state index is 11.1. The number of likely N-dealkylation sites (N-methyl/N-ethyl adjacent to an activating group) is 8. The van der Waals surface area contributed by atoms with Crippen molar-refractivity contribution in [1.29, 1.82) is 0 Å². The van der Waals surface area contributed by atoms with Crippen LogP contribution in [-0.4, -0.2) is 229 Å². The summed E-state index contributed by atoms with van der Waals surface area (Å²) < 4.78 is 0. The van der Waals surface area contributed by atoms with E-state index in [1.165, 1.54) is 0 Å². The standard InChI is InChI=1S/4C7H17N2O.2O.2Ti/c4*1-8(2)5-7(10)6-9(3)4;;;;/h4*7H,5-6H2,1-4H3;;;;/q4*-1;2*-2;2*+4. The summed E-state index contributed by atoms with van der Waals surface area (Å²) >= 11 is 0. The number of nitrogens with zero attached hydrogens (tertiary/aromatic N) is 8. The third kappa shape index (κ3) is 69.6. The van der Waals surface area contributed by atoms with Crippen LogP contribution in [-0.2, 0) is 54.4 Å². The SMILES string of the molecule is CN(C)CC([O-])CN(C)C.CN(C)CC([O-])CN(C)C.CN(C)CC([O-])CN(C)C.CN(C)CC([O-])CN(C)C.[O-2].[O-2].[Ti+4].[Ti+4]. The molecule has 264 valence electrons. The molecule has 0 spiro atoms. The van der Waals surface area contributed by atoms with Crippen molar-refractivity contribution in [3.8, 4) is 0 Å². The molecule has 0 rings (SSSR count). The molecule has 0 aliphatic carbocycles. The van der Waals surface area contributed by atoms with E-state index in [9.17, 15) is 20.4 Å². The second kappa shape index (κ2) is 40.0. The Bertz CT molecular complexity index is 401. The molecule has 0 heterocycles. The molecule has 0 unspecified atom stereocenters. The molecule has 0 aromatic heterocycles. The van der Waals surface area contributed by atoms with Gasteiger partial charge < -0.3 is 70.6 Å². The zero-order chi connectivity index (χ0) is 32.6. The predicted octanol–water partition coefficient (Wildman–Crippen LogP) is -4.89. The molecule has 0 saturated carbocycles. The Hall–Kier alpha value is 0.869. The van der Waals surface area contributed by atoms with Gasteiger partial charge >= 0.3 is 43.4 Å². The van der Waals surface area contributed by atoms with Crippen LogP contribution < -0.4 is 20.4 Å². The van der Waals surface area contributed by atoms with Gasteiger partial charge in [0.2, 0.25) is 0 Å². The Balaban J connectivity index is -0.0000000635. The van der Waals surface area contributed by atoms with Crippen LogP contribution in [0.2, 0.25) is 0 Å². The maximum Gasteiger partial charge on any atom is 4.00 e. The molecule has 16 heteroatoms. The van der Waals surface area contributed by atoms with Crippen molar-refractivity contribution in [2.24, 2.45) is 0 Å². The van der Waals surface area contributed by atoms with Crippen LogP contribution in [0.4, 0.5) is 0 Å². The third-order valence-corrected chi connectivity index (χ3v) is 4.55. The van der Waals surface area contributed by atoms with Crippen LogP contribution in [0.15, 0.2) is 0 Å². The zero-order valence-electron chi connectivity index (χ0n) is 31.0. The van der Waals surface area contributed by atoms with Gasteiger partial charge in [-0.15, -0.1) is 24.4 Å². The molecule has 0 aromatic carbocycles. The van der Waals surface area contributed by atoms with Crippen LogP contribution >= 0.6 is 0 Å². The van der Waals surface area contributed by atoms with Gasteiger partial charge in [0.15, 0.2) is 0 Å². The molecular formula is C28H68N8O6Ti2. The molecule has 0 radical (unpaired) electrons. The quantitative estimate of drug-likeness (QED) is 0.140. The molecule has 0 N–H and O–H groups in total. The fraction of sp³-hybridized carbons (Fsp3) is 1.00. The van der Waals surface area contributed by atoms with E-state index in [-0.39, 0.29) is 54.4 Å². The van der Waals surface area contributed by atoms with E-state index in [1.54, 1.807) is 0 Å². The van der Waals surface area contributed by atoms with E-state index in [2.05, 4.69) is 0 Å². The first-order valence-electron chi connectivity index (χ1n) is 13.9. The first kappa shape index (κ1) is 63.5. The molecule has 14 nitrogen and oxygen atoms in total. The number of hydrogen-bond donors (Lipinski definition) is 0. The van der Waals surface area contributed by atoms with E-state index in [1.807, 2.05) is 152 Å². The molecule has 44 heavy (non-hydrogen) atoms. The van der Waals surface area contributed by atoms with Gasteiger partial charge in [0.1, 0.15) is 0 Å². The van der Waals surface area contributed by atoms with Gasteiger partial charge in [-0.25, -0.2) is 0 Å². The minimum Gasteiger partial charge on any atom is -2.00 e. The van der Waals surface area contributed by atoms with Crippen molar-refractivity contribution in [3.63, 3.8) is 0 Å². The summed E-state index contributed by atoms with van der Waals surface area (Å²) in [4.78, 5) is 15.3. The Morgan fingerprint density at radius 1 is 0.273 bits per heavy atom. The molecule has 0 aromatic rings. The van der Waals surface area contributed by atoms with Crippen LogP contribution in [0, 0.1) is 0 Å². The first-order chi connectivity index (χ1) is 18.1. The molecule has 0 saturated heterocycles. The maximum absolute atomic E-state index is 11.1. The Morgan fingerprint density at radius 3 is 0.386 bits per heavy atom. The molecule has 0 aliphatic rings. The zero-order valence-corrected chi connectivity index (χ0v) is 34.1. The monoisotopic (exact) mass is 708 g/mol. The van der Waals surface area contributed by atoms with Crippen molar-refractivity contribution in [2.75, 3.05) is 165 Å². The number of rotatable bonds is 16. The van der Waals surface area contributed by atoms with E-state index in [4.69, 9.17) is 0 Å². The summed E-state index contributed by atoms with van der Waals surface area (Å²) in [5.74, 6) is 0. The van der Waals surface area contributed by atoms with Crippen molar-refractivity contribution in [3.05, 3.63) is 0 Å². The number of hydrogen-bond acceptors (Lipinski definition) is 12. The molecule has 0 atom stereocenters. The van der Waals surface area contributed by atoms with Gasteiger partial charge in [-0.05, 0) is 165 Å². The second-order valence-corrected chi connectivity index (χ2v) is 12.6. The largest absolute Gasteiger partial charge is 4.00 e. The first-order valence-corrected chi connectivity index (χ1v) is 13.9. The van der Waals surface area contributed by atoms with E-state index >= 15 is 0 Å². The fourth-order valence-electron chi connectivity index (χ4n) is 3.49. The third-order valence-electron chi connectivity index (χ3n) is 4.55. The minimum atomic E-state index is -0.481. The molecule has 0 aliphatic heterocycles. The van der Waals surface area contributed by atoms with E-state index in [0.29, 0.717) is 52.4 Å². The average Bonchev–Trinajstić information content (AvgIpc) is 2.63. The minimum absolute atomic E-state index is 0. The normalized spacial score (nSPS) is 10.9. The summed E-state index contributed by atoms with van der Waals surface area (Å²) in [6, 6.07) is 0. The van der Waals surface area contributed by atoms with Gasteiger partial charge in [-0.1, -0.05) is 0 Å². The van der Waals surface area contributed by atoms with Gasteiger partial charge in [-0.3, -0.25) is 0 Å². The van der Waals surface area contributed by atoms with Crippen LogP contribution in [0.1, 0.15) is 0 Å². The van der Waals surface area contributed by atoms with E-state index < -0.39 is 24.4 Å². The summed E-state index contributed by atoms with van der Waals surface area (Å²) in [6.45, 7) is 4.99. The van der Waals surface area contributed by atoms with Crippen molar-refractivity contribution < 1.29 is 74.8 Å². The van der Waals surface area contributed by atoms with Gasteiger partial charge in [-0.2, -0.15) is 0 Å². The summed E-state index contributed by atoms with van der Waals surface area (Å²) in [5, 5.41) is 44.3. The van der Waals surface area contributed by atoms with Crippen LogP contribution in [0.25, 0.3) is 0 Å². The molecule has 0 amide bonds. The molecule has 0 fully saturated rings. The van der Waals surface area contributed by atoms with Gasteiger partial charge in [0.25, 0.3) is 0 Å². The Labute approximate surface area is 302 Å². The second-order valence-electron chi connectivity index (χ2n) is 12.6. The van der Waals surface area contributed by atoms with Crippen LogP contribution in [0.3, 0.4) is 0 Å².